The highest BCUT2D eigenvalue weighted by atomic mass is 35.5. The average molecular weight is 290 g/mol. The lowest BCUT2D eigenvalue weighted by Gasteiger charge is -2.31. The lowest BCUT2D eigenvalue weighted by Crippen LogP contribution is -2.48. The molecule has 1 saturated heterocycles. The first-order valence-electron chi connectivity index (χ1n) is 7.14. The van der Waals surface area contributed by atoms with E-state index >= 15 is 0 Å². The van der Waals surface area contributed by atoms with Gasteiger partial charge in [-0.15, -0.1) is 0 Å². The molecule has 0 unspecified atom stereocenters. The van der Waals surface area contributed by atoms with Crippen molar-refractivity contribution in [1.29, 1.82) is 0 Å². The third-order valence-corrected chi connectivity index (χ3v) is 4.47. The van der Waals surface area contributed by atoms with Crippen molar-refractivity contribution in [2.24, 2.45) is 0 Å². The van der Waals surface area contributed by atoms with Crippen molar-refractivity contribution in [2.45, 2.75) is 26.4 Å². The molecule has 1 aliphatic heterocycles. The molecule has 0 amide bonds. The van der Waals surface area contributed by atoms with E-state index in [2.05, 4.69) is 36.2 Å². The maximum atomic E-state index is 6.52. The van der Waals surface area contributed by atoms with E-state index in [0.29, 0.717) is 6.04 Å². The molecule has 2 heterocycles. The second-order valence-corrected chi connectivity index (χ2v) is 5.98. The first-order chi connectivity index (χ1) is 9.65. The van der Waals surface area contributed by atoms with E-state index in [4.69, 9.17) is 16.6 Å². The van der Waals surface area contributed by atoms with E-state index in [0.717, 1.165) is 53.4 Å². The van der Waals surface area contributed by atoms with Crippen LogP contribution in [0.25, 0.3) is 10.9 Å². The summed E-state index contributed by atoms with van der Waals surface area (Å²) >= 11 is 6.52. The molecule has 3 nitrogen and oxygen atoms in total. The number of nitrogens with zero attached hydrogens (tertiary/aromatic N) is 2. The zero-order chi connectivity index (χ0) is 14.1. The molecule has 1 aromatic heterocycles. The van der Waals surface area contributed by atoms with Gasteiger partial charge in [0.1, 0.15) is 0 Å². The lowest BCUT2D eigenvalue weighted by atomic mass is 10.1. The van der Waals surface area contributed by atoms with Gasteiger partial charge in [-0.25, -0.2) is 4.98 Å². The lowest BCUT2D eigenvalue weighted by molar-refractivity contribution is 0.198. The minimum Gasteiger partial charge on any atom is -0.312 e. The molecule has 106 valence electrons. The van der Waals surface area contributed by atoms with E-state index in [1.165, 1.54) is 0 Å². The van der Waals surface area contributed by atoms with Gasteiger partial charge in [0.2, 0.25) is 0 Å². The zero-order valence-electron chi connectivity index (χ0n) is 12.0. The summed E-state index contributed by atoms with van der Waals surface area (Å²) < 4.78 is 0. The molecular weight excluding hydrogens is 270 g/mol. The van der Waals surface area contributed by atoms with Crippen molar-refractivity contribution in [2.75, 3.05) is 19.6 Å². The molecule has 1 fully saturated rings. The molecule has 0 saturated carbocycles. The van der Waals surface area contributed by atoms with Crippen molar-refractivity contribution in [3.8, 4) is 0 Å². The highest BCUT2D eigenvalue weighted by Crippen LogP contribution is 2.27. The van der Waals surface area contributed by atoms with Gasteiger partial charge in [-0.1, -0.05) is 29.8 Å². The van der Waals surface area contributed by atoms with Gasteiger partial charge in [0, 0.05) is 37.6 Å². The molecule has 1 aliphatic rings. The minimum atomic E-state index is 0.532. The molecule has 1 aromatic carbocycles. The summed E-state index contributed by atoms with van der Waals surface area (Å²) in [6, 6.07) is 8.73. The molecular formula is C16H20ClN3. The van der Waals surface area contributed by atoms with Crippen molar-refractivity contribution in [1.82, 2.24) is 15.2 Å². The predicted molar refractivity (Wildman–Crippen MR) is 84.2 cm³/mol. The minimum absolute atomic E-state index is 0.532. The van der Waals surface area contributed by atoms with Gasteiger partial charge in [-0.2, -0.15) is 0 Å². The summed E-state index contributed by atoms with van der Waals surface area (Å²) in [7, 11) is 0. The summed E-state index contributed by atoms with van der Waals surface area (Å²) in [6.07, 6.45) is 0. The zero-order valence-corrected chi connectivity index (χ0v) is 12.7. The molecule has 0 bridgehead atoms. The smallest absolute Gasteiger partial charge is 0.0740 e. The molecule has 3 rings (SSSR count). The molecule has 1 atom stereocenters. The molecule has 0 radical (unpaired) electrons. The third kappa shape index (κ3) is 2.66. The SMILES string of the molecule is Cc1c(Cl)c(CN2CCN[C@H](C)C2)nc2ccccc12. The van der Waals surface area contributed by atoms with Crippen LogP contribution in [0, 0.1) is 6.92 Å². The van der Waals surface area contributed by atoms with Crippen LogP contribution in [0.15, 0.2) is 24.3 Å². The summed E-state index contributed by atoms with van der Waals surface area (Å²) in [6.45, 7) is 8.25. The number of hydrogen-bond acceptors (Lipinski definition) is 3. The van der Waals surface area contributed by atoms with Gasteiger partial charge in [-0.05, 0) is 25.5 Å². The Hall–Kier alpha value is -1.16. The fourth-order valence-electron chi connectivity index (χ4n) is 2.89. The summed E-state index contributed by atoms with van der Waals surface area (Å²) in [5, 5.41) is 5.42. The standard InChI is InChI=1S/C16H20ClN3/c1-11-9-20(8-7-18-11)10-15-16(17)12(2)13-5-3-4-6-14(13)19-15/h3-6,11,18H,7-10H2,1-2H3/t11-/m1/s1. The number of rotatable bonds is 2. The van der Waals surface area contributed by atoms with E-state index in [1.54, 1.807) is 0 Å². The maximum absolute atomic E-state index is 6.52. The summed E-state index contributed by atoms with van der Waals surface area (Å²) in [4.78, 5) is 7.18. The van der Waals surface area contributed by atoms with Crippen LogP contribution in [-0.4, -0.2) is 35.6 Å². The van der Waals surface area contributed by atoms with Crippen LogP contribution < -0.4 is 5.32 Å². The normalized spacial score (nSPS) is 20.4. The number of nitrogens with one attached hydrogen (secondary N) is 1. The predicted octanol–water partition coefficient (Wildman–Crippen LogP) is 2.99. The van der Waals surface area contributed by atoms with Gasteiger partial charge >= 0.3 is 0 Å². The number of aromatic nitrogens is 1. The van der Waals surface area contributed by atoms with Gasteiger partial charge in [-0.3, -0.25) is 4.90 Å². The third-order valence-electron chi connectivity index (χ3n) is 3.97. The molecule has 4 heteroatoms. The Morgan fingerprint density at radius 2 is 2.20 bits per heavy atom. The van der Waals surface area contributed by atoms with E-state index in [9.17, 15) is 0 Å². The van der Waals surface area contributed by atoms with Crippen LogP contribution in [0.4, 0.5) is 0 Å². The summed E-state index contributed by atoms with van der Waals surface area (Å²) in [5.74, 6) is 0. The topological polar surface area (TPSA) is 28.2 Å². The first-order valence-corrected chi connectivity index (χ1v) is 7.52. The van der Waals surface area contributed by atoms with Crippen LogP contribution in [0.2, 0.25) is 5.02 Å². The number of hydrogen-bond donors (Lipinski definition) is 1. The number of pyridine rings is 1. The Bertz CT molecular complexity index is 626. The Morgan fingerprint density at radius 1 is 1.40 bits per heavy atom. The van der Waals surface area contributed by atoms with Gasteiger partial charge in [0.25, 0.3) is 0 Å². The number of fused-ring (bicyclic) bond motifs is 1. The number of piperazine rings is 1. The number of para-hydroxylation sites is 1. The Labute approximate surface area is 124 Å². The number of benzene rings is 1. The highest BCUT2D eigenvalue weighted by Gasteiger charge is 2.18. The Balaban J connectivity index is 1.93. The summed E-state index contributed by atoms with van der Waals surface area (Å²) in [5.41, 5.74) is 3.17. The quantitative estimate of drug-likeness (QED) is 0.921. The molecule has 0 spiro atoms. The molecule has 1 N–H and O–H groups in total. The van der Waals surface area contributed by atoms with Gasteiger partial charge in [0.05, 0.1) is 16.2 Å². The van der Waals surface area contributed by atoms with Crippen LogP contribution in [-0.2, 0) is 6.54 Å². The number of halogens is 1. The van der Waals surface area contributed by atoms with Crippen molar-refractivity contribution in [3.05, 3.63) is 40.5 Å². The number of aryl methyl sites for hydroxylation is 1. The van der Waals surface area contributed by atoms with Crippen molar-refractivity contribution < 1.29 is 0 Å². The van der Waals surface area contributed by atoms with Crippen LogP contribution >= 0.6 is 11.6 Å². The van der Waals surface area contributed by atoms with Crippen LogP contribution in [0.1, 0.15) is 18.2 Å². The maximum Gasteiger partial charge on any atom is 0.0740 e. The van der Waals surface area contributed by atoms with Crippen molar-refractivity contribution in [3.63, 3.8) is 0 Å². The first kappa shape index (κ1) is 13.8. The average Bonchev–Trinajstić information content (AvgIpc) is 2.45. The molecule has 20 heavy (non-hydrogen) atoms. The highest BCUT2D eigenvalue weighted by molar-refractivity contribution is 6.32. The molecule has 0 aliphatic carbocycles. The van der Waals surface area contributed by atoms with Crippen molar-refractivity contribution >= 4 is 22.5 Å². The fraction of sp³-hybridized carbons (Fsp3) is 0.438. The second-order valence-electron chi connectivity index (χ2n) is 5.60. The van der Waals surface area contributed by atoms with Crippen LogP contribution in [0.5, 0.6) is 0 Å². The second kappa shape index (κ2) is 5.68. The van der Waals surface area contributed by atoms with Gasteiger partial charge < -0.3 is 5.32 Å². The fourth-order valence-corrected chi connectivity index (χ4v) is 3.09. The van der Waals surface area contributed by atoms with E-state index < -0.39 is 0 Å². The van der Waals surface area contributed by atoms with Crippen LogP contribution in [0.3, 0.4) is 0 Å². The Morgan fingerprint density at radius 3 is 3.00 bits per heavy atom. The Kier molecular flexibility index (Phi) is 3.92. The monoisotopic (exact) mass is 289 g/mol. The van der Waals surface area contributed by atoms with E-state index in [1.807, 2.05) is 12.1 Å². The van der Waals surface area contributed by atoms with E-state index in [-0.39, 0.29) is 0 Å². The largest absolute Gasteiger partial charge is 0.312 e. The molecule has 2 aromatic rings. The van der Waals surface area contributed by atoms with Gasteiger partial charge in [0.15, 0.2) is 0 Å².